The molecule has 11 nitrogen and oxygen atoms in total. The van der Waals surface area contributed by atoms with Crippen LogP contribution in [0.5, 0.6) is 0 Å². The van der Waals surface area contributed by atoms with Crippen LogP contribution in [0.2, 0.25) is 0 Å². The summed E-state index contributed by atoms with van der Waals surface area (Å²) in [6, 6.07) is 0. The van der Waals surface area contributed by atoms with Gasteiger partial charge in [0.1, 0.15) is 30.5 Å². The molecule has 1 unspecified atom stereocenters. The normalized spacial score (nSPS) is 35.7. The van der Waals surface area contributed by atoms with Crippen molar-refractivity contribution in [2.24, 2.45) is 0 Å². The van der Waals surface area contributed by atoms with Crippen LogP contribution in [0.15, 0.2) is 0 Å². The number of rotatable bonds is 7. The highest BCUT2D eigenvalue weighted by Gasteiger charge is 2.44. The lowest BCUT2D eigenvalue weighted by Crippen LogP contribution is -2.60. The molecule has 0 radical (unpaired) electrons. The Balaban J connectivity index is 2.63. The Morgan fingerprint density at radius 3 is 2.19 bits per heavy atom. The van der Waals surface area contributed by atoms with Gasteiger partial charge in [0, 0.05) is 0 Å². The summed E-state index contributed by atoms with van der Waals surface area (Å²) in [5.74, 6) is 0. The minimum atomic E-state index is -4.77. The van der Waals surface area contributed by atoms with E-state index in [1.165, 1.54) is 0 Å². The summed E-state index contributed by atoms with van der Waals surface area (Å²) in [4.78, 5) is 17.1. The summed E-state index contributed by atoms with van der Waals surface area (Å²) >= 11 is 0. The third-order valence-corrected chi connectivity index (χ3v) is 3.29. The van der Waals surface area contributed by atoms with E-state index >= 15 is 0 Å². The van der Waals surface area contributed by atoms with Crippen LogP contribution in [0.1, 0.15) is 0 Å². The lowest BCUT2D eigenvalue weighted by Gasteiger charge is -2.40. The molecule has 1 saturated heterocycles. The zero-order chi connectivity index (χ0) is 16.2. The van der Waals surface area contributed by atoms with Crippen molar-refractivity contribution in [2.45, 2.75) is 36.8 Å². The van der Waals surface area contributed by atoms with Gasteiger partial charge in [-0.25, -0.2) is 4.57 Å². The molecule has 126 valence electrons. The van der Waals surface area contributed by atoms with Crippen LogP contribution in [0.4, 0.5) is 0 Å². The Morgan fingerprint density at radius 1 is 1.10 bits per heavy atom. The molecule has 0 aliphatic carbocycles. The average molecular weight is 334 g/mol. The van der Waals surface area contributed by atoms with Gasteiger partial charge in [0.25, 0.3) is 0 Å². The van der Waals surface area contributed by atoms with E-state index in [9.17, 15) is 19.9 Å². The highest BCUT2D eigenvalue weighted by atomic mass is 31.2. The molecule has 0 aromatic rings. The van der Waals surface area contributed by atoms with Gasteiger partial charge in [-0.15, -0.1) is 0 Å². The summed E-state index contributed by atoms with van der Waals surface area (Å²) in [6.07, 6.45) is -8.91. The molecule has 0 aromatic heterocycles. The molecule has 1 aliphatic rings. The van der Waals surface area contributed by atoms with E-state index in [1.807, 2.05) is 0 Å². The van der Waals surface area contributed by atoms with Gasteiger partial charge in [-0.2, -0.15) is 0 Å². The van der Waals surface area contributed by atoms with Crippen molar-refractivity contribution in [1.82, 2.24) is 0 Å². The van der Waals surface area contributed by atoms with Crippen molar-refractivity contribution < 1.29 is 53.9 Å². The lowest BCUT2D eigenvalue weighted by atomic mass is 9.99. The van der Waals surface area contributed by atoms with Crippen molar-refractivity contribution >= 4 is 7.82 Å². The molecule has 1 aliphatic heterocycles. The van der Waals surface area contributed by atoms with Crippen molar-refractivity contribution in [3.63, 3.8) is 0 Å². The third-order valence-electron chi connectivity index (χ3n) is 2.81. The second-order valence-electron chi connectivity index (χ2n) is 4.42. The number of ether oxygens (including phenoxy) is 2. The molecule has 0 spiro atoms. The van der Waals surface area contributed by atoms with E-state index in [4.69, 9.17) is 29.5 Å². The van der Waals surface area contributed by atoms with Crippen molar-refractivity contribution in [1.29, 1.82) is 0 Å². The predicted molar refractivity (Wildman–Crippen MR) is 63.7 cm³/mol. The second kappa shape index (κ2) is 7.90. The molecular formula is C9H19O11P. The first-order chi connectivity index (χ1) is 9.69. The smallest absolute Gasteiger partial charge is 0.394 e. The standard InChI is InChI=1S/C9H19O11P/c10-1-4(3-18-21(15,16)17)19-9-8(14)7(13)6(12)5(2-11)20-9/h4-14H,1-3H2,(H2,15,16,17)/t4?,5-,6+,7+,8-,9+/m1/s1. The van der Waals surface area contributed by atoms with Crippen molar-refractivity contribution in [3.8, 4) is 0 Å². The van der Waals surface area contributed by atoms with Crippen LogP contribution >= 0.6 is 7.82 Å². The van der Waals surface area contributed by atoms with E-state index < -0.39 is 64.5 Å². The summed E-state index contributed by atoms with van der Waals surface area (Å²) < 4.78 is 24.7. The summed E-state index contributed by atoms with van der Waals surface area (Å²) in [6.45, 7) is -2.07. The number of aliphatic hydroxyl groups excluding tert-OH is 5. The van der Waals surface area contributed by atoms with Crippen LogP contribution in [-0.4, -0.2) is 91.9 Å². The van der Waals surface area contributed by atoms with Crippen LogP contribution in [0.25, 0.3) is 0 Å². The van der Waals surface area contributed by atoms with Gasteiger partial charge >= 0.3 is 7.82 Å². The number of hydrogen-bond donors (Lipinski definition) is 7. The van der Waals surface area contributed by atoms with E-state index in [0.717, 1.165) is 0 Å². The molecule has 21 heavy (non-hydrogen) atoms. The van der Waals surface area contributed by atoms with Crippen LogP contribution < -0.4 is 0 Å². The Hall–Kier alpha value is -0.170. The van der Waals surface area contributed by atoms with Crippen LogP contribution in [-0.2, 0) is 18.6 Å². The quantitative estimate of drug-likeness (QED) is 0.227. The molecule has 1 fully saturated rings. The first kappa shape index (κ1) is 18.9. The van der Waals surface area contributed by atoms with Gasteiger partial charge in [0.05, 0.1) is 19.8 Å². The third kappa shape index (κ3) is 5.51. The minimum absolute atomic E-state index is 0.659. The van der Waals surface area contributed by atoms with Gasteiger partial charge < -0.3 is 44.8 Å². The predicted octanol–water partition coefficient (Wildman–Crippen LogP) is -3.73. The van der Waals surface area contributed by atoms with Gasteiger partial charge in [-0.3, -0.25) is 4.52 Å². The molecule has 0 amide bonds. The zero-order valence-electron chi connectivity index (χ0n) is 10.8. The molecule has 7 N–H and O–H groups in total. The molecule has 0 bridgehead atoms. The van der Waals surface area contributed by atoms with E-state index in [1.54, 1.807) is 0 Å². The van der Waals surface area contributed by atoms with Gasteiger partial charge in [-0.1, -0.05) is 0 Å². The average Bonchev–Trinajstić information content (AvgIpc) is 2.42. The topological polar surface area (TPSA) is 186 Å². The van der Waals surface area contributed by atoms with Gasteiger partial charge in [0.2, 0.25) is 0 Å². The number of phosphoric ester groups is 1. The Labute approximate surface area is 119 Å². The van der Waals surface area contributed by atoms with Gasteiger partial charge in [-0.05, 0) is 0 Å². The maximum atomic E-state index is 10.5. The summed E-state index contributed by atoms with van der Waals surface area (Å²) in [5.41, 5.74) is 0. The highest BCUT2D eigenvalue weighted by molar-refractivity contribution is 7.46. The lowest BCUT2D eigenvalue weighted by molar-refractivity contribution is -0.314. The first-order valence-corrected chi connectivity index (χ1v) is 7.49. The number of phosphoric acid groups is 1. The van der Waals surface area contributed by atoms with E-state index in [0.29, 0.717) is 0 Å². The number of hydrogen-bond acceptors (Lipinski definition) is 9. The Morgan fingerprint density at radius 2 is 1.71 bits per heavy atom. The second-order valence-corrected chi connectivity index (χ2v) is 5.66. The SMILES string of the molecule is O=P(O)(O)OCC(CO)O[C@H]1O[C@H](CO)[C@H](O)[C@H](O)[C@H]1O. The Bertz CT molecular complexity index is 358. The Kier molecular flexibility index (Phi) is 7.10. The van der Waals surface area contributed by atoms with Gasteiger partial charge in [0.15, 0.2) is 6.29 Å². The molecule has 12 heteroatoms. The molecule has 0 aromatic carbocycles. The molecule has 1 heterocycles. The fourth-order valence-corrected chi connectivity index (χ4v) is 2.05. The summed E-state index contributed by atoms with van der Waals surface area (Å²) in [7, 11) is -4.77. The minimum Gasteiger partial charge on any atom is -0.394 e. The number of aliphatic hydroxyl groups is 5. The highest BCUT2D eigenvalue weighted by Crippen LogP contribution is 2.36. The van der Waals surface area contributed by atoms with Crippen molar-refractivity contribution in [3.05, 3.63) is 0 Å². The monoisotopic (exact) mass is 334 g/mol. The van der Waals surface area contributed by atoms with E-state index in [2.05, 4.69) is 4.52 Å². The largest absolute Gasteiger partial charge is 0.469 e. The maximum Gasteiger partial charge on any atom is 0.469 e. The fourth-order valence-electron chi connectivity index (χ4n) is 1.68. The van der Waals surface area contributed by atoms with Crippen molar-refractivity contribution in [2.75, 3.05) is 19.8 Å². The maximum absolute atomic E-state index is 10.5. The van der Waals surface area contributed by atoms with Crippen LogP contribution in [0.3, 0.4) is 0 Å². The molecular weight excluding hydrogens is 315 g/mol. The molecule has 0 saturated carbocycles. The molecule has 1 rings (SSSR count). The summed E-state index contributed by atoms with van der Waals surface area (Å²) in [5, 5.41) is 46.7. The molecule has 6 atom stereocenters. The first-order valence-electron chi connectivity index (χ1n) is 5.96. The zero-order valence-corrected chi connectivity index (χ0v) is 11.7. The van der Waals surface area contributed by atoms with Crippen LogP contribution in [0, 0.1) is 0 Å². The fraction of sp³-hybridized carbons (Fsp3) is 1.00. The van der Waals surface area contributed by atoms with E-state index in [-0.39, 0.29) is 0 Å².